The highest BCUT2D eigenvalue weighted by Gasteiger charge is 2.14. The summed E-state index contributed by atoms with van der Waals surface area (Å²) < 4.78 is 0. The third-order valence-corrected chi connectivity index (χ3v) is 4.92. The smallest absolute Gasteiger partial charge is 0.155 e. The molecular weight excluding hydrogens is 365 g/mol. The van der Waals surface area contributed by atoms with Gasteiger partial charge in [0.25, 0.3) is 0 Å². The van der Waals surface area contributed by atoms with Crippen LogP contribution in [0.25, 0.3) is 21.7 Å². The Balaban J connectivity index is 1.97. The van der Waals surface area contributed by atoms with Crippen LogP contribution in [0.1, 0.15) is 6.42 Å². The van der Waals surface area contributed by atoms with Gasteiger partial charge in [-0.05, 0) is 39.2 Å². The van der Waals surface area contributed by atoms with Crippen LogP contribution in [0.5, 0.6) is 0 Å². The normalized spacial score (nSPS) is 11.4. The second-order valence-corrected chi connectivity index (χ2v) is 7.31. The van der Waals surface area contributed by atoms with E-state index in [9.17, 15) is 0 Å². The van der Waals surface area contributed by atoms with E-state index in [-0.39, 0.29) is 0 Å². The van der Waals surface area contributed by atoms with E-state index in [1.807, 2.05) is 5.38 Å². The molecule has 0 radical (unpaired) electrons. The summed E-state index contributed by atoms with van der Waals surface area (Å²) in [4.78, 5) is 15.9. The van der Waals surface area contributed by atoms with Crippen molar-refractivity contribution < 1.29 is 0 Å². The fourth-order valence-corrected chi connectivity index (χ4v) is 3.21. The molecule has 1 N–H and O–H groups in total. The summed E-state index contributed by atoms with van der Waals surface area (Å²) in [6, 6.07) is 3.47. The summed E-state index contributed by atoms with van der Waals surface area (Å²) in [5, 5.41) is 7.06. The van der Waals surface area contributed by atoms with Gasteiger partial charge >= 0.3 is 0 Å². The highest BCUT2D eigenvalue weighted by Crippen LogP contribution is 2.32. The van der Waals surface area contributed by atoms with Crippen LogP contribution in [-0.2, 0) is 0 Å². The quantitative estimate of drug-likeness (QED) is 0.640. The van der Waals surface area contributed by atoms with E-state index in [0.29, 0.717) is 21.1 Å². The SMILES string of the molecule is CN(C)CCCNc1nc2cc(Cl)c(Cl)cc2nc1-c1nccs1. The maximum absolute atomic E-state index is 6.11. The molecule has 0 aliphatic rings. The predicted octanol–water partition coefficient (Wildman–Crippen LogP) is 4.42. The second-order valence-electron chi connectivity index (χ2n) is 5.60. The lowest BCUT2D eigenvalue weighted by atomic mass is 10.2. The third-order valence-electron chi connectivity index (χ3n) is 3.42. The first-order valence-corrected chi connectivity index (χ1v) is 9.13. The summed E-state index contributed by atoms with van der Waals surface area (Å²) in [6.45, 7) is 1.81. The standard InChI is InChI=1S/C16H17Cl2N5S/c1-23(2)6-3-4-19-15-14(16-20-5-7-24-16)21-12-8-10(17)11(18)9-13(12)22-15/h5,7-9H,3-4,6H2,1-2H3,(H,19,22). The number of fused-ring (bicyclic) bond motifs is 1. The molecule has 0 aliphatic carbocycles. The van der Waals surface area contributed by atoms with Crippen molar-refractivity contribution in [3.63, 3.8) is 0 Å². The molecule has 0 bridgehead atoms. The minimum Gasteiger partial charge on any atom is -0.368 e. The van der Waals surface area contributed by atoms with E-state index in [1.165, 1.54) is 11.3 Å². The maximum Gasteiger partial charge on any atom is 0.155 e. The molecule has 0 saturated carbocycles. The molecule has 5 nitrogen and oxygen atoms in total. The van der Waals surface area contributed by atoms with Crippen molar-refractivity contribution in [1.29, 1.82) is 0 Å². The van der Waals surface area contributed by atoms with Gasteiger partial charge in [-0.15, -0.1) is 11.3 Å². The molecule has 1 aromatic carbocycles. The van der Waals surface area contributed by atoms with Gasteiger partial charge in [0.2, 0.25) is 0 Å². The lowest BCUT2D eigenvalue weighted by molar-refractivity contribution is 0.405. The van der Waals surface area contributed by atoms with Crippen molar-refractivity contribution in [2.45, 2.75) is 6.42 Å². The molecule has 0 saturated heterocycles. The molecule has 0 amide bonds. The van der Waals surface area contributed by atoms with Crippen molar-refractivity contribution in [1.82, 2.24) is 19.9 Å². The Morgan fingerprint density at radius 1 is 1.12 bits per heavy atom. The Kier molecular flexibility index (Phi) is 5.50. The van der Waals surface area contributed by atoms with Gasteiger partial charge in [-0.1, -0.05) is 23.2 Å². The number of thiazole rings is 1. The number of aromatic nitrogens is 3. The van der Waals surface area contributed by atoms with Gasteiger partial charge in [-0.3, -0.25) is 0 Å². The average molecular weight is 382 g/mol. The lowest BCUT2D eigenvalue weighted by Crippen LogP contribution is -2.17. The minimum absolute atomic E-state index is 0.468. The van der Waals surface area contributed by atoms with Crippen molar-refractivity contribution >= 4 is 51.4 Å². The first kappa shape index (κ1) is 17.4. The number of hydrogen-bond acceptors (Lipinski definition) is 6. The van der Waals surface area contributed by atoms with Crippen LogP contribution < -0.4 is 5.32 Å². The highest BCUT2D eigenvalue weighted by molar-refractivity contribution is 7.13. The fourth-order valence-electron chi connectivity index (χ4n) is 2.27. The Labute approximate surface area is 154 Å². The van der Waals surface area contributed by atoms with Crippen LogP contribution in [0.2, 0.25) is 10.0 Å². The number of benzene rings is 1. The molecule has 0 fully saturated rings. The zero-order valence-corrected chi connectivity index (χ0v) is 15.7. The first-order chi connectivity index (χ1) is 11.5. The number of nitrogens with one attached hydrogen (secondary N) is 1. The molecule has 2 heterocycles. The summed E-state index contributed by atoms with van der Waals surface area (Å²) in [5.74, 6) is 0.717. The van der Waals surface area contributed by atoms with E-state index in [2.05, 4.69) is 34.3 Å². The fraction of sp³-hybridized carbons (Fsp3) is 0.312. The Morgan fingerprint density at radius 3 is 2.46 bits per heavy atom. The molecule has 8 heteroatoms. The Morgan fingerprint density at radius 2 is 1.83 bits per heavy atom. The van der Waals surface area contributed by atoms with Crippen LogP contribution in [0, 0.1) is 0 Å². The molecule has 24 heavy (non-hydrogen) atoms. The molecule has 3 aromatic rings. The zero-order valence-electron chi connectivity index (χ0n) is 13.4. The van der Waals surface area contributed by atoms with Crippen molar-refractivity contribution in [2.75, 3.05) is 32.5 Å². The monoisotopic (exact) mass is 381 g/mol. The van der Waals surface area contributed by atoms with E-state index < -0.39 is 0 Å². The van der Waals surface area contributed by atoms with E-state index in [0.717, 1.165) is 36.0 Å². The largest absolute Gasteiger partial charge is 0.368 e. The summed E-state index contributed by atoms with van der Waals surface area (Å²) >= 11 is 13.7. The molecule has 0 spiro atoms. The van der Waals surface area contributed by atoms with Crippen molar-refractivity contribution in [3.8, 4) is 10.7 Å². The van der Waals surface area contributed by atoms with Crippen LogP contribution >= 0.6 is 34.5 Å². The average Bonchev–Trinajstić information content (AvgIpc) is 3.06. The van der Waals surface area contributed by atoms with Crippen LogP contribution in [0.3, 0.4) is 0 Å². The van der Waals surface area contributed by atoms with Crippen LogP contribution in [0.15, 0.2) is 23.7 Å². The Hall–Kier alpha value is -1.47. The number of rotatable bonds is 6. The van der Waals surface area contributed by atoms with Gasteiger partial charge in [0.1, 0.15) is 10.7 Å². The molecule has 0 unspecified atom stereocenters. The molecule has 3 rings (SSSR count). The topological polar surface area (TPSA) is 53.9 Å². The van der Waals surface area contributed by atoms with E-state index in [1.54, 1.807) is 18.3 Å². The molecule has 2 aromatic heterocycles. The van der Waals surface area contributed by atoms with Crippen molar-refractivity contribution in [3.05, 3.63) is 33.8 Å². The van der Waals surface area contributed by atoms with Gasteiger partial charge in [-0.25, -0.2) is 15.0 Å². The van der Waals surface area contributed by atoms with Gasteiger partial charge in [-0.2, -0.15) is 0 Å². The predicted molar refractivity (Wildman–Crippen MR) is 102 cm³/mol. The number of nitrogens with zero attached hydrogens (tertiary/aromatic N) is 4. The molecular formula is C16H17Cl2N5S. The number of halogens is 2. The Bertz CT molecular complexity index is 836. The van der Waals surface area contributed by atoms with Crippen LogP contribution in [-0.4, -0.2) is 47.0 Å². The molecule has 126 valence electrons. The van der Waals surface area contributed by atoms with Crippen molar-refractivity contribution in [2.24, 2.45) is 0 Å². The zero-order chi connectivity index (χ0) is 17.1. The van der Waals surface area contributed by atoms with Gasteiger partial charge in [0.15, 0.2) is 5.82 Å². The van der Waals surface area contributed by atoms with Crippen LogP contribution in [0.4, 0.5) is 5.82 Å². The maximum atomic E-state index is 6.11. The first-order valence-electron chi connectivity index (χ1n) is 7.50. The second kappa shape index (κ2) is 7.61. The molecule has 0 atom stereocenters. The van der Waals surface area contributed by atoms with E-state index in [4.69, 9.17) is 28.2 Å². The highest BCUT2D eigenvalue weighted by atomic mass is 35.5. The molecule has 0 aliphatic heterocycles. The van der Waals surface area contributed by atoms with Gasteiger partial charge in [0.05, 0.1) is 21.1 Å². The van der Waals surface area contributed by atoms with Gasteiger partial charge in [0, 0.05) is 18.1 Å². The number of anilines is 1. The summed E-state index contributed by atoms with van der Waals surface area (Å²) in [7, 11) is 4.12. The van der Waals surface area contributed by atoms with E-state index >= 15 is 0 Å². The number of hydrogen-bond donors (Lipinski definition) is 1. The van der Waals surface area contributed by atoms with Gasteiger partial charge < -0.3 is 10.2 Å². The third kappa shape index (κ3) is 3.95. The minimum atomic E-state index is 0.468. The summed E-state index contributed by atoms with van der Waals surface area (Å²) in [6.07, 6.45) is 2.77. The lowest BCUT2D eigenvalue weighted by Gasteiger charge is -2.13. The summed E-state index contributed by atoms with van der Waals surface area (Å²) in [5.41, 5.74) is 2.15.